The highest BCUT2D eigenvalue weighted by molar-refractivity contribution is 7.10. The Morgan fingerprint density at radius 2 is 2.33 bits per heavy atom. The van der Waals surface area contributed by atoms with Crippen molar-refractivity contribution in [3.05, 3.63) is 10.7 Å². The smallest absolute Gasteiger partial charge is 0.162 e. The van der Waals surface area contributed by atoms with Gasteiger partial charge in [0, 0.05) is 6.54 Å². The van der Waals surface area contributed by atoms with Crippen LogP contribution in [0.25, 0.3) is 0 Å². The summed E-state index contributed by atoms with van der Waals surface area (Å²) in [5, 5.41) is 13.4. The van der Waals surface area contributed by atoms with Gasteiger partial charge in [-0.1, -0.05) is 18.0 Å². The van der Waals surface area contributed by atoms with E-state index in [0.29, 0.717) is 10.7 Å². The lowest BCUT2D eigenvalue weighted by Gasteiger charge is -2.21. The minimum atomic E-state index is 0.324. The highest BCUT2D eigenvalue weighted by Gasteiger charge is 2.38. The van der Waals surface area contributed by atoms with Gasteiger partial charge in [0.2, 0.25) is 0 Å². The first-order valence-electron chi connectivity index (χ1n) is 6.57. The fourth-order valence-electron chi connectivity index (χ4n) is 3.59. The summed E-state index contributed by atoms with van der Waals surface area (Å²) in [6, 6.07) is 2.10. The second kappa shape index (κ2) is 5.07. The molecule has 0 amide bonds. The van der Waals surface area contributed by atoms with Crippen molar-refractivity contribution in [2.45, 2.75) is 32.1 Å². The van der Waals surface area contributed by atoms with Crippen LogP contribution in [0.3, 0.4) is 0 Å². The minimum absolute atomic E-state index is 0.324. The van der Waals surface area contributed by atoms with Gasteiger partial charge < -0.3 is 5.32 Å². The fraction of sp³-hybridized carbons (Fsp3) is 0.692. The summed E-state index contributed by atoms with van der Waals surface area (Å²) in [5.41, 5.74) is 0.495. The topological polar surface area (TPSA) is 48.7 Å². The molecule has 1 aromatic rings. The molecule has 1 N–H and O–H groups in total. The molecule has 3 atom stereocenters. The molecule has 0 radical (unpaired) electrons. The van der Waals surface area contributed by atoms with Crippen molar-refractivity contribution in [2.75, 3.05) is 11.9 Å². The van der Waals surface area contributed by atoms with Crippen molar-refractivity contribution in [3.8, 4) is 6.07 Å². The molecule has 3 rings (SSSR count). The van der Waals surface area contributed by atoms with Crippen LogP contribution in [0, 0.1) is 29.1 Å². The second-order valence-corrected chi connectivity index (χ2v) is 6.57. The van der Waals surface area contributed by atoms with Crippen molar-refractivity contribution in [1.29, 1.82) is 5.26 Å². The standard InChI is InChI=1S/C13H16ClN3S/c14-12-11(7-15)13(18-17-12)16-4-3-10-6-8-1-2-9(10)5-8/h8-10,16H,1-6H2. The molecule has 2 aliphatic carbocycles. The van der Waals surface area contributed by atoms with Gasteiger partial charge in [-0.3, -0.25) is 0 Å². The molecule has 1 aromatic heterocycles. The molecule has 1 heterocycles. The molecule has 0 spiro atoms. The number of halogens is 1. The summed E-state index contributed by atoms with van der Waals surface area (Å²) in [5.74, 6) is 2.87. The first-order chi connectivity index (χ1) is 8.78. The molecular weight excluding hydrogens is 266 g/mol. The molecular formula is C13H16ClN3S. The normalized spacial score (nSPS) is 29.4. The van der Waals surface area contributed by atoms with E-state index in [9.17, 15) is 0 Å². The Bertz CT molecular complexity index is 479. The summed E-state index contributed by atoms with van der Waals surface area (Å²) < 4.78 is 4.00. The van der Waals surface area contributed by atoms with Gasteiger partial charge in [0.05, 0.1) is 0 Å². The van der Waals surface area contributed by atoms with Crippen LogP contribution in [0.1, 0.15) is 37.7 Å². The van der Waals surface area contributed by atoms with E-state index in [1.807, 2.05) is 0 Å². The van der Waals surface area contributed by atoms with Crippen molar-refractivity contribution in [3.63, 3.8) is 0 Å². The molecule has 0 aliphatic heterocycles. The van der Waals surface area contributed by atoms with Crippen LogP contribution in [-0.2, 0) is 0 Å². The molecule has 18 heavy (non-hydrogen) atoms. The number of anilines is 1. The molecule has 0 saturated heterocycles. The summed E-state index contributed by atoms with van der Waals surface area (Å²) in [7, 11) is 0. The van der Waals surface area contributed by atoms with E-state index in [1.165, 1.54) is 43.6 Å². The van der Waals surface area contributed by atoms with E-state index in [4.69, 9.17) is 16.9 Å². The van der Waals surface area contributed by atoms with Gasteiger partial charge in [0.25, 0.3) is 0 Å². The molecule has 96 valence electrons. The van der Waals surface area contributed by atoms with E-state index in [0.717, 1.165) is 29.3 Å². The Kier molecular flexibility index (Phi) is 3.45. The first-order valence-corrected chi connectivity index (χ1v) is 7.72. The Morgan fingerprint density at radius 1 is 1.44 bits per heavy atom. The molecule has 0 aromatic carbocycles. The molecule has 2 saturated carbocycles. The van der Waals surface area contributed by atoms with E-state index in [1.54, 1.807) is 0 Å². The van der Waals surface area contributed by atoms with E-state index < -0.39 is 0 Å². The highest BCUT2D eigenvalue weighted by atomic mass is 35.5. The van der Waals surface area contributed by atoms with Crippen molar-refractivity contribution >= 4 is 28.1 Å². The molecule has 3 unspecified atom stereocenters. The lowest BCUT2D eigenvalue weighted by atomic mass is 9.86. The van der Waals surface area contributed by atoms with Crippen LogP contribution in [-0.4, -0.2) is 10.9 Å². The predicted octanol–water partition coefficient (Wildman–Crippen LogP) is 3.91. The van der Waals surface area contributed by atoms with Gasteiger partial charge >= 0.3 is 0 Å². The summed E-state index contributed by atoms with van der Waals surface area (Å²) in [6.45, 7) is 0.932. The lowest BCUT2D eigenvalue weighted by Crippen LogP contribution is -2.15. The van der Waals surface area contributed by atoms with Gasteiger partial charge in [-0.25, -0.2) is 0 Å². The van der Waals surface area contributed by atoms with Crippen LogP contribution < -0.4 is 5.32 Å². The molecule has 2 bridgehead atoms. The van der Waals surface area contributed by atoms with Crippen LogP contribution in [0.5, 0.6) is 0 Å². The lowest BCUT2D eigenvalue weighted by molar-refractivity contribution is 0.321. The SMILES string of the molecule is N#Cc1c(Cl)nsc1NCCC1CC2CCC1C2. The van der Waals surface area contributed by atoms with E-state index in [2.05, 4.69) is 15.8 Å². The Hall–Kier alpha value is -0.790. The third-order valence-corrected chi connectivity index (χ3v) is 5.63. The quantitative estimate of drug-likeness (QED) is 0.910. The summed E-state index contributed by atoms with van der Waals surface area (Å²) >= 11 is 7.12. The molecule has 2 aliphatic rings. The summed E-state index contributed by atoms with van der Waals surface area (Å²) in [6.07, 6.45) is 6.98. The van der Waals surface area contributed by atoms with Crippen molar-refractivity contribution in [1.82, 2.24) is 4.37 Å². The number of nitrogens with one attached hydrogen (secondary N) is 1. The Labute approximate surface area is 116 Å². The number of hydrogen-bond donors (Lipinski definition) is 1. The zero-order chi connectivity index (χ0) is 12.5. The van der Waals surface area contributed by atoms with E-state index in [-0.39, 0.29) is 0 Å². The maximum atomic E-state index is 8.98. The van der Waals surface area contributed by atoms with Gasteiger partial charge in [-0.05, 0) is 55.0 Å². The maximum Gasteiger partial charge on any atom is 0.162 e. The van der Waals surface area contributed by atoms with Crippen LogP contribution in [0.4, 0.5) is 5.00 Å². The zero-order valence-electron chi connectivity index (χ0n) is 10.2. The summed E-state index contributed by atoms with van der Waals surface area (Å²) in [4.78, 5) is 0. The van der Waals surface area contributed by atoms with Crippen LogP contribution in [0.15, 0.2) is 0 Å². The van der Waals surface area contributed by atoms with Gasteiger partial charge in [-0.2, -0.15) is 9.64 Å². The average Bonchev–Trinajstić information content (AvgIpc) is 3.05. The fourth-order valence-corrected chi connectivity index (χ4v) is 4.55. The van der Waals surface area contributed by atoms with Crippen molar-refractivity contribution in [2.24, 2.45) is 17.8 Å². The predicted molar refractivity (Wildman–Crippen MR) is 73.9 cm³/mol. The monoisotopic (exact) mass is 281 g/mol. The number of rotatable bonds is 4. The molecule has 2 fully saturated rings. The van der Waals surface area contributed by atoms with Gasteiger partial charge in [-0.15, -0.1) is 0 Å². The number of aromatic nitrogens is 1. The Morgan fingerprint density at radius 3 is 3.00 bits per heavy atom. The molecule has 3 nitrogen and oxygen atoms in total. The van der Waals surface area contributed by atoms with E-state index >= 15 is 0 Å². The Balaban J connectivity index is 1.51. The number of fused-ring (bicyclic) bond motifs is 2. The van der Waals surface area contributed by atoms with Gasteiger partial charge in [0.1, 0.15) is 16.6 Å². The van der Waals surface area contributed by atoms with Crippen LogP contribution in [0.2, 0.25) is 5.15 Å². The largest absolute Gasteiger partial charge is 0.375 e. The molecule has 5 heteroatoms. The van der Waals surface area contributed by atoms with Crippen molar-refractivity contribution < 1.29 is 0 Å². The second-order valence-electron chi connectivity index (χ2n) is 5.44. The minimum Gasteiger partial charge on any atom is -0.375 e. The third-order valence-electron chi connectivity index (χ3n) is 4.45. The number of hydrogen-bond acceptors (Lipinski definition) is 4. The maximum absolute atomic E-state index is 8.98. The number of nitriles is 1. The third kappa shape index (κ3) is 2.22. The number of nitrogens with zero attached hydrogens (tertiary/aromatic N) is 2. The van der Waals surface area contributed by atoms with Crippen LogP contribution >= 0.6 is 23.1 Å². The first kappa shape index (κ1) is 12.3. The zero-order valence-corrected chi connectivity index (χ0v) is 11.7. The van der Waals surface area contributed by atoms with Gasteiger partial charge in [0.15, 0.2) is 5.15 Å². The highest BCUT2D eigenvalue weighted by Crippen LogP contribution is 2.49. The average molecular weight is 282 g/mol.